The molecule has 0 unspecified atom stereocenters. The van der Waals surface area contributed by atoms with Crippen molar-refractivity contribution in [1.82, 2.24) is 4.90 Å². The third-order valence-corrected chi connectivity index (χ3v) is 4.16. The van der Waals surface area contributed by atoms with Gasteiger partial charge < -0.3 is 9.84 Å². The van der Waals surface area contributed by atoms with Crippen molar-refractivity contribution in [1.29, 1.82) is 0 Å². The number of benzene rings is 1. The van der Waals surface area contributed by atoms with E-state index in [0.717, 1.165) is 30.3 Å². The molecule has 3 nitrogen and oxygen atoms in total. The fraction of sp³-hybridized carbons (Fsp3) is 0.556. The van der Waals surface area contributed by atoms with E-state index in [0.29, 0.717) is 0 Å². The van der Waals surface area contributed by atoms with Crippen LogP contribution in [-0.4, -0.2) is 36.8 Å². The Morgan fingerprint density at radius 2 is 2.19 bits per heavy atom. The van der Waals surface area contributed by atoms with Crippen LogP contribution < -0.4 is 4.74 Å². The van der Waals surface area contributed by atoms with E-state index < -0.39 is 0 Å². The number of hydrogen-bond acceptors (Lipinski definition) is 3. The van der Waals surface area contributed by atoms with E-state index in [1.165, 1.54) is 31.4 Å². The lowest BCUT2D eigenvalue weighted by Gasteiger charge is -2.31. The Balaban J connectivity index is 2.07. The first-order valence-corrected chi connectivity index (χ1v) is 7.75. The van der Waals surface area contributed by atoms with Gasteiger partial charge in [0.1, 0.15) is 12.4 Å². The molecule has 1 N–H and O–H groups in total. The molecule has 0 heterocycles. The lowest BCUT2D eigenvalue weighted by Crippen LogP contribution is -2.32. The fourth-order valence-corrected chi connectivity index (χ4v) is 2.69. The summed E-state index contributed by atoms with van der Waals surface area (Å²) >= 11 is 0. The van der Waals surface area contributed by atoms with Crippen LogP contribution in [0.3, 0.4) is 0 Å². The Morgan fingerprint density at radius 1 is 1.38 bits per heavy atom. The average molecular weight is 287 g/mol. The first-order chi connectivity index (χ1) is 10.3. The van der Waals surface area contributed by atoms with Crippen LogP contribution in [0, 0.1) is 17.8 Å². The highest BCUT2D eigenvalue weighted by molar-refractivity contribution is 5.48. The summed E-state index contributed by atoms with van der Waals surface area (Å²) in [6.45, 7) is 5.30. The molecule has 2 rings (SSSR count). The fourth-order valence-electron chi connectivity index (χ4n) is 2.69. The molecular formula is C18H25NO2. The third kappa shape index (κ3) is 4.49. The van der Waals surface area contributed by atoms with E-state index in [-0.39, 0.29) is 6.61 Å². The Morgan fingerprint density at radius 3 is 2.76 bits per heavy atom. The quantitative estimate of drug-likeness (QED) is 0.817. The minimum absolute atomic E-state index is 0.129. The van der Waals surface area contributed by atoms with Crippen molar-refractivity contribution in [2.24, 2.45) is 5.92 Å². The Labute approximate surface area is 127 Å². The van der Waals surface area contributed by atoms with E-state index in [9.17, 15) is 0 Å². The summed E-state index contributed by atoms with van der Waals surface area (Å²) < 4.78 is 5.32. The molecule has 1 aliphatic carbocycles. The number of nitrogens with zero attached hydrogens (tertiary/aromatic N) is 1. The molecule has 0 bridgehead atoms. The van der Waals surface area contributed by atoms with Crippen molar-refractivity contribution in [3.05, 3.63) is 29.3 Å². The maximum absolute atomic E-state index is 8.85. The topological polar surface area (TPSA) is 32.7 Å². The smallest absolute Gasteiger partial charge is 0.134 e. The van der Waals surface area contributed by atoms with Gasteiger partial charge in [0.2, 0.25) is 0 Å². The molecule has 0 amide bonds. The van der Waals surface area contributed by atoms with Crippen LogP contribution in [-0.2, 0) is 6.54 Å². The Bertz CT molecular complexity index is 512. The zero-order valence-electron chi connectivity index (χ0n) is 13.1. The highest BCUT2D eigenvalue weighted by atomic mass is 16.5. The van der Waals surface area contributed by atoms with Crippen LogP contribution >= 0.6 is 0 Å². The van der Waals surface area contributed by atoms with Gasteiger partial charge in [0.15, 0.2) is 0 Å². The van der Waals surface area contributed by atoms with Crippen molar-refractivity contribution in [3.8, 4) is 17.6 Å². The second-order valence-corrected chi connectivity index (χ2v) is 5.62. The molecule has 1 saturated carbocycles. The molecule has 21 heavy (non-hydrogen) atoms. The zero-order valence-corrected chi connectivity index (χ0v) is 13.1. The number of rotatable bonds is 6. The molecule has 0 aromatic heterocycles. The summed E-state index contributed by atoms with van der Waals surface area (Å²) in [4.78, 5) is 2.49. The molecule has 1 aromatic rings. The van der Waals surface area contributed by atoms with E-state index in [4.69, 9.17) is 9.84 Å². The van der Waals surface area contributed by atoms with Crippen LogP contribution in [0.4, 0.5) is 0 Å². The minimum atomic E-state index is -0.129. The van der Waals surface area contributed by atoms with Crippen LogP contribution in [0.25, 0.3) is 0 Å². The molecule has 3 heteroatoms. The molecule has 0 atom stereocenters. The van der Waals surface area contributed by atoms with Crippen molar-refractivity contribution in [3.63, 3.8) is 0 Å². The largest absolute Gasteiger partial charge is 0.495 e. The molecule has 114 valence electrons. The second-order valence-electron chi connectivity index (χ2n) is 5.62. The molecule has 0 saturated heterocycles. The summed E-state index contributed by atoms with van der Waals surface area (Å²) in [7, 11) is 1.65. The molecule has 0 radical (unpaired) electrons. The summed E-state index contributed by atoms with van der Waals surface area (Å²) in [6.07, 6.45) is 4.16. The van der Waals surface area contributed by atoms with Gasteiger partial charge in [-0.25, -0.2) is 0 Å². The number of aliphatic hydroxyl groups is 1. The Kier molecular flexibility index (Phi) is 6.10. The van der Waals surface area contributed by atoms with Gasteiger partial charge in [-0.1, -0.05) is 31.3 Å². The number of aliphatic hydroxyl groups excluding tert-OH is 1. The highest BCUT2D eigenvalue weighted by Gasteiger charge is 2.20. The van der Waals surface area contributed by atoms with Crippen molar-refractivity contribution in [2.45, 2.75) is 32.7 Å². The first-order valence-electron chi connectivity index (χ1n) is 7.75. The van der Waals surface area contributed by atoms with Gasteiger partial charge in [0.05, 0.1) is 12.7 Å². The maximum atomic E-state index is 8.85. The second kappa shape index (κ2) is 8.07. The molecule has 1 fully saturated rings. The van der Waals surface area contributed by atoms with E-state index in [1.54, 1.807) is 7.11 Å². The molecular weight excluding hydrogens is 262 g/mol. The standard InChI is InChI=1S/C18H25NO2/c1-3-19(13-15-6-4-7-15)14-16-9-10-18(21-2)17(12-16)8-5-11-20/h9-10,12,15,20H,3-4,6-7,11,13-14H2,1-2H3. The molecule has 1 aromatic carbocycles. The average Bonchev–Trinajstić information content (AvgIpc) is 2.47. The van der Waals surface area contributed by atoms with Gasteiger partial charge in [-0.05, 0) is 43.0 Å². The van der Waals surface area contributed by atoms with Gasteiger partial charge in [0, 0.05) is 13.1 Å². The molecule has 1 aliphatic rings. The van der Waals surface area contributed by atoms with Crippen LogP contribution in [0.1, 0.15) is 37.3 Å². The predicted molar refractivity (Wildman–Crippen MR) is 85.2 cm³/mol. The van der Waals surface area contributed by atoms with E-state index in [2.05, 4.69) is 35.8 Å². The zero-order chi connectivity index (χ0) is 15.1. The van der Waals surface area contributed by atoms with Gasteiger partial charge in [0.25, 0.3) is 0 Å². The highest BCUT2D eigenvalue weighted by Crippen LogP contribution is 2.28. The summed E-state index contributed by atoms with van der Waals surface area (Å²) in [6, 6.07) is 6.14. The molecule has 0 aliphatic heterocycles. The van der Waals surface area contributed by atoms with E-state index in [1.807, 2.05) is 6.07 Å². The summed E-state index contributed by atoms with van der Waals surface area (Å²) in [5, 5.41) is 8.85. The lowest BCUT2D eigenvalue weighted by atomic mass is 9.85. The van der Waals surface area contributed by atoms with Crippen LogP contribution in [0.15, 0.2) is 18.2 Å². The SMILES string of the molecule is CCN(Cc1ccc(OC)c(C#CCO)c1)CC1CCC1. The minimum Gasteiger partial charge on any atom is -0.495 e. The maximum Gasteiger partial charge on any atom is 0.134 e. The lowest BCUT2D eigenvalue weighted by molar-refractivity contribution is 0.178. The first kappa shape index (κ1) is 15.9. The van der Waals surface area contributed by atoms with E-state index >= 15 is 0 Å². The van der Waals surface area contributed by atoms with Crippen molar-refractivity contribution in [2.75, 3.05) is 26.8 Å². The number of ether oxygens (including phenoxy) is 1. The van der Waals surface area contributed by atoms with Crippen LogP contribution in [0.2, 0.25) is 0 Å². The molecule has 0 spiro atoms. The van der Waals surface area contributed by atoms with Gasteiger partial charge >= 0.3 is 0 Å². The van der Waals surface area contributed by atoms with Gasteiger partial charge in [-0.15, -0.1) is 0 Å². The van der Waals surface area contributed by atoms with Gasteiger partial charge in [-0.2, -0.15) is 0 Å². The summed E-state index contributed by atoms with van der Waals surface area (Å²) in [5.74, 6) is 7.31. The Hall–Kier alpha value is -1.50. The van der Waals surface area contributed by atoms with Crippen LogP contribution in [0.5, 0.6) is 5.75 Å². The predicted octanol–water partition coefficient (Wildman–Crippen LogP) is 2.66. The van der Waals surface area contributed by atoms with Crippen molar-refractivity contribution >= 4 is 0 Å². The normalized spacial score (nSPS) is 14.5. The summed E-state index contributed by atoms with van der Waals surface area (Å²) in [5.41, 5.74) is 2.10. The van der Waals surface area contributed by atoms with Gasteiger partial charge in [-0.3, -0.25) is 4.90 Å². The third-order valence-electron chi connectivity index (χ3n) is 4.16. The van der Waals surface area contributed by atoms with Crippen molar-refractivity contribution < 1.29 is 9.84 Å². The number of methoxy groups -OCH3 is 1. The number of hydrogen-bond donors (Lipinski definition) is 1. The monoisotopic (exact) mass is 287 g/mol.